The van der Waals surface area contributed by atoms with Crippen molar-refractivity contribution in [3.05, 3.63) is 0 Å². The highest BCUT2D eigenvalue weighted by atomic mass is 16.6. The van der Waals surface area contributed by atoms with E-state index in [4.69, 9.17) is 28.4 Å². The van der Waals surface area contributed by atoms with Gasteiger partial charge >= 0.3 is 35.8 Å². The lowest BCUT2D eigenvalue weighted by atomic mass is 9.30. The maximum absolute atomic E-state index is 13.3. The van der Waals surface area contributed by atoms with Crippen molar-refractivity contribution < 1.29 is 124 Å². The van der Waals surface area contributed by atoms with E-state index in [1.807, 2.05) is 222 Å². The fourth-order valence-corrected chi connectivity index (χ4v) is 31.9. The van der Waals surface area contributed by atoms with Crippen molar-refractivity contribution in [3.63, 3.8) is 0 Å². The summed E-state index contributed by atoms with van der Waals surface area (Å²) in [5, 5.41) is 148. The highest BCUT2D eigenvalue weighted by molar-refractivity contribution is 5.79. The van der Waals surface area contributed by atoms with Gasteiger partial charge in [0.15, 0.2) is 13.2 Å². The number of hydrogen-bond acceptors (Lipinski definition) is 25. The lowest BCUT2D eigenvalue weighted by Gasteiger charge is -2.77. The van der Waals surface area contributed by atoms with Gasteiger partial charge in [0.1, 0.15) is 23.4 Å². The Hall–Kier alpha value is -3.70. The van der Waals surface area contributed by atoms with Gasteiger partial charge in [-0.15, -0.1) is 0 Å². The first-order valence-electron chi connectivity index (χ1n) is 57.4. The van der Waals surface area contributed by atoms with Crippen molar-refractivity contribution in [2.24, 2.45) is 128 Å². The Balaban J connectivity index is 0.000000261. The van der Waals surface area contributed by atoms with Crippen LogP contribution >= 0.6 is 0 Å². The SMILES string of the molecule is CCC(C)C(=O)OC(C1CC(C(C)(C)O)CC(C(C)(C)O)C1)C1CC(C(C)(C)O)CC(C(C)(C)O)C1.CCC(C)C(=O)OC(C1CCC(C(C)(C)O)C(C(C)(C)O)C1)C1CCC(C(C)(C)O)C(C(C)(C)O)C1.CCC(C)C(=O)OCC(=O)OC12CC3(C(O)(CC)CC)CC(C(O)(CC)CC)(C1)CC(C(O)(CC)CC)(C2)C3.CCC(C)C(=O)OCC(=O)OC12CC3CC(C(O)(CC)CC)(C1)CC(C(O)(CC)CC)(C3)C2. The quantitative estimate of drug-likeness (QED) is 0.0199. The lowest BCUT2D eigenvalue weighted by Crippen LogP contribution is -2.77. The predicted octanol–water partition coefficient (Wildman–Crippen LogP) is 21.0. The number of ether oxygens (including phenoxy) is 6. The van der Waals surface area contributed by atoms with Crippen molar-refractivity contribution in [1.82, 2.24) is 0 Å². The monoisotopic (exact) mass is 2040 g/mol. The minimum absolute atomic E-state index is 0.0207. The van der Waals surface area contributed by atoms with Crippen LogP contribution < -0.4 is 0 Å². The first kappa shape index (κ1) is 127. The van der Waals surface area contributed by atoms with Crippen LogP contribution in [0.25, 0.3) is 0 Å². The molecule has 16 unspecified atom stereocenters. The molecule has 0 spiro atoms. The summed E-state index contributed by atoms with van der Waals surface area (Å²) in [6.45, 7) is 63.6. The average Bonchev–Trinajstić information content (AvgIpc) is 0.654. The Bertz CT molecular complexity index is 3840. The third-order valence-electron chi connectivity index (χ3n) is 41.5. The van der Waals surface area contributed by atoms with Crippen LogP contribution in [-0.4, -0.2) is 212 Å². The van der Waals surface area contributed by atoms with Crippen molar-refractivity contribution in [2.75, 3.05) is 13.2 Å². The van der Waals surface area contributed by atoms with Gasteiger partial charge in [-0.1, -0.05) is 125 Å². The van der Waals surface area contributed by atoms with Crippen LogP contribution in [0.1, 0.15) is 479 Å². The fourth-order valence-electron chi connectivity index (χ4n) is 31.9. The van der Waals surface area contributed by atoms with Gasteiger partial charge in [-0.3, -0.25) is 19.2 Å². The molecule has 16 atom stereocenters. The molecule has 12 aliphatic rings. The van der Waals surface area contributed by atoms with E-state index in [2.05, 4.69) is 0 Å². The van der Waals surface area contributed by atoms with Crippen LogP contribution in [-0.2, 0) is 57.2 Å². The van der Waals surface area contributed by atoms with E-state index in [1.165, 1.54) is 0 Å². The normalized spacial score (nSPS) is 33.1. The number of rotatable bonds is 43. The molecule has 12 saturated carbocycles. The van der Waals surface area contributed by atoms with E-state index in [-0.39, 0.29) is 136 Å². The Morgan fingerprint density at radius 3 is 0.736 bits per heavy atom. The summed E-state index contributed by atoms with van der Waals surface area (Å²) in [6, 6.07) is 0. The van der Waals surface area contributed by atoms with Gasteiger partial charge in [-0.05, 0) is 432 Å². The summed E-state index contributed by atoms with van der Waals surface area (Å²) in [7, 11) is 0. The minimum Gasteiger partial charge on any atom is -0.462 e. The van der Waals surface area contributed by atoms with E-state index in [0.717, 1.165) is 64.2 Å². The van der Waals surface area contributed by atoms with Crippen molar-refractivity contribution >= 4 is 35.8 Å². The molecule has 25 nitrogen and oxygen atoms in total. The zero-order chi connectivity index (χ0) is 110. The largest absolute Gasteiger partial charge is 0.462 e. The molecular weight excluding hydrogens is 1830 g/mol. The first-order valence-corrected chi connectivity index (χ1v) is 57.4. The summed E-state index contributed by atoms with van der Waals surface area (Å²) in [5.41, 5.74) is -16.6. The van der Waals surface area contributed by atoms with Crippen LogP contribution in [0.3, 0.4) is 0 Å². The summed E-state index contributed by atoms with van der Waals surface area (Å²) < 4.78 is 35.8. The second kappa shape index (κ2) is 47.3. The Kier molecular flexibility index (Phi) is 41.8. The van der Waals surface area contributed by atoms with E-state index < -0.39 is 131 Å². The molecule has 0 aromatic carbocycles. The third-order valence-corrected chi connectivity index (χ3v) is 41.5. The van der Waals surface area contributed by atoms with Gasteiger partial charge in [0.2, 0.25) is 0 Å². The number of aliphatic hydroxyl groups is 13. The Labute approximate surface area is 871 Å². The Morgan fingerprint density at radius 2 is 0.493 bits per heavy atom. The lowest BCUT2D eigenvalue weighted by molar-refractivity contribution is -0.345. The molecule has 25 heteroatoms. The van der Waals surface area contributed by atoms with Crippen LogP contribution in [0.2, 0.25) is 0 Å². The second-order valence-electron chi connectivity index (χ2n) is 54.3. The first-order chi connectivity index (χ1) is 65.8. The predicted molar refractivity (Wildman–Crippen MR) is 564 cm³/mol. The highest BCUT2D eigenvalue weighted by Crippen LogP contribution is 2.80. The second-order valence-corrected chi connectivity index (χ2v) is 54.3. The minimum atomic E-state index is -1.03. The standard InChI is InChI=1S/C32H56O7.2C30H56O6.C27H46O6/c1-9-23(8)25(34)38-16-24(33)39-29-20-26(30(35,10-2)11-3)17-27(21-29,31(36,12-4)13-5)19-28(18-26,22-29)32(37,14-6)15-7;1-11-18(2)26(31)36-25(19-12-21(27(3,4)32)16-22(13-19)28(5,6)33)20-14-23(29(7,8)34)17-24(15-20)30(9,10)35;1-11-18(2)26(31)36-25(19-12-14-21(27(3,4)32)23(16-19)29(7,8)34)20-13-15-22(28(5,6)33)24(17-20)30(9,10)35;1-7-19(6)22(29)32-15-21(28)33-25-14-20-12-23(17-25,26(30,8-2)9-3)16-24(13-20,18-25)27(31,10-4)11-5/h23,35-37H,9-22H2,1-8H3;2*18-25,32-35H,11-17H2,1-10H3;19-20,30-31H,7-18H2,1-6H3. The number of carbonyl (C=O) groups is 6. The van der Waals surface area contributed by atoms with Gasteiger partial charge in [0.05, 0.1) is 96.5 Å². The van der Waals surface area contributed by atoms with Gasteiger partial charge in [-0.25, -0.2) is 9.59 Å². The molecular formula is C119H214O25. The molecule has 8 bridgehead atoms. The molecule has 0 aromatic rings. The molecule has 12 aliphatic carbocycles. The van der Waals surface area contributed by atoms with Gasteiger partial charge in [-0.2, -0.15) is 0 Å². The molecule has 0 saturated heterocycles. The molecule has 0 aliphatic heterocycles. The summed E-state index contributed by atoms with van der Waals surface area (Å²) >= 11 is 0. The molecule has 12 fully saturated rings. The zero-order valence-electron chi connectivity index (χ0n) is 97.0. The van der Waals surface area contributed by atoms with Crippen molar-refractivity contribution in [1.29, 1.82) is 0 Å². The number of carbonyl (C=O) groups excluding carboxylic acids is 6. The molecule has 0 radical (unpaired) electrons. The van der Waals surface area contributed by atoms with Gasteiger partial charge in [0, 0.05) is 27.1 Å². The molecule has 0 amide bonds. The third kappa shape index (κ3) is 27.8. The highest BCUT2D eigenvalue weighted by Gasteiger charge is 2.80. The maximum atomic E-state index is 13.3. The molecule has 0 heterocycles. The summed E-state index contributed by atoms with van der Waals surface area (Å²) in [4.78, 5) is 76.8. The van der Waals surface area contributed by atoms with Gasteiger partial charge < -0.3 is 94.8 Å². The van der Waals surface area contributed by atoms with Crippen LogP contribution in [0.4, 0.5) is 0 Å². The van der Waals surface area contributed by atoms with E-state index >= 15 is 0 Å². The molecule has 0 aromatic heterocycles. The molecule has 12 rings (SSSR count). The summed E-state index contributed by atoms with van der Waals surface area (Å²) in [5.74, 6) is -3.36. The van der Waals surface area contributed by atoms with E-state index in [1.54, 1.807) is 13.8 Å². The number of hydrogen-bond donors (Lipinski definition) is 13. The fraction of sp³-hybridized carbons (Fsp3) is 0.950. The maximum Gasteiger partial charge on any atom is 0.344 e. The van der Waals surface area contributed by atoms with Gasteiger partial charge in [0.25, 0.3) is 0 Å². The summed E-state index contributed by atoms with van der Waals surface area (Å²) in [6.07, 6.45) is 24.6. The molecule has 13 N–H and O–H groups in total. The van der Waals surface area contributed by atoms with Crippen molar-refractivity contribution in [3.8, 4) is 0 Å². The zero-order valence-corrected chi connectivity index (χ0v) is 97.0. The molecule has 144 heavy (non-hydrogen) atoms. The van der Waals surface area contributed by atoms with Crippen LogP contribution in [0.5, 0.6) is 0 Å². The number of esters is 6. The van der Waals surface area contributed by atoms with Crippen LogP contribution in [0.15, 0.2) is 0 Å². The Morgan fingerprint density at radius 1 is 0.264 bits per heavy atom. The molecule has 840 valence electrons. The van der Waals surface area contributed by atoms with E-state index in [9.17, 15) is 95.2 Å². The average molecular weight is 2040 g/mol. The van der Waals surface area contributed by atoms with Crippen molar-refractivity contribution in [2.45, 2.75) is 576 Å². The van der Waals surface area contributed by atoms with Crippen LogP contribution in [0, 0.1) is 128 Å². The topological polar surface area (TPSA) is 421 Å². The smallest absolute Gasteiger partial charge is 0.344 e. The van der Waals surface area contributed by atoms with E-state index in [0.29, 0.717) is 186 Å².